The first-order valence-electron chi connectivity index (χ1n) is 11.0. The third kappa shape index (κ3) is 4.39. The average molecular weight is 438 g/mol. The minimum Gasteiger partial charge on any atom is -0.295 e. The molecule has 1 fully saturated rings. The van der Waals surface area contributed by atoms with Crippen molar-refractivity contribution in [2.45, 2.75) is 56.8 Å². The molecular formula is C26H31NO3S. The number of carbonyl (C=O) groups excluding carboxylic acids is 1. The molecule has 1 atom stereocenters. The zero-order valence-electron chi connectivity index (χ0n) is 18.6. The number of ketones is 1. The molecular weight excluding hydrogens is 406 g/mol. The van der Waals surface area contributed by atoms with E-state index in [0.717, 1.165) is 17.6 Å². The van der Waals surface area contributed by atoms with Gasteiger partial charge in [0.2, 0.25) is 10.0 Å². The minimum absolute atomic E-state index is 0.0263. The van der Waals surface area contributed by atoms with Gasteiger partial charge in [-0.2, -0.15) is 4.31 Å². The summed E-state index contributed by atoms with van der Waals surface area (Å²) in [7, 11) is -3.60. The van der Waals surface area contributed by atoms with E-state index in [-0.39, 0.29) is 16.6 Å². The average Bonchev–Trinajstić information content (AvgIpc) is 2.74. The molecule has 1 saturated heterocycles. The molecule has 2 aromatic rings. The van der Waals surface area contributed by atoms with E-state index in [4.69, 9.17) is 0 Å². The van der Waals surface area contributed by atoms with E-state index in [1.165, 1.54) is 5.56 Å². The van der Waals surface area contributed by atoms with Crippen LogP contribution < -0.4 is 0 Å². The highest BCUT2D eigenvalue weighted by atomic mass is 32.2. The first kappa shape index (κ1) is 22.0. The largest absolute Gasteiger partial charge is 0.295 e. The van der Waals surface area contributed by atoms with Crippen LogP contribution in [0.1, 0.15) is 51.2 Å². The number of hydrogen-bond donors (Lipinski definition) is 0. The van der Waals surface area contributed by atoms with Gasteiger partial charge in [-0.05, 0) is 54.0 Å². The quantitative estimate of drug-likeness (QED) is 0.684. The van der Waals surface area contributed by atoms with Crippen LogP contribution in [0.3, 0.4) is 0 Å². The molecule has 1 aliphatic heterocycles. The molecule has 0 aromatic heterocycles. The molecule has 31 heavy (non-hydrogen) atoms. The SMILES string of the molecule is CC(C)(C)c1ccc(S(=O)(=O)N2CCC3=CC(=O)CC[C@@]3(Cc3ccccc3)C2)cc1. The second-order valence-electron chi connectivity index (χ2n) is 9.94. The summed E-state index contributed by atoms with van der Waals surface area (Å²) in [5, 5.41) is 0. The number of nitrogens with zero attached hydrogens (tertiary/aromatic N) is 1. The predicted molar refractivity (Wildman–Crippen MR) is 123 cm³/mol. The van der Waals surface area contributed by atoms with E-state index in [9.17, 15) is 13.2 Å². The van der Waals surface area contributed by atoms with Gasteiger partial charge in [0.15, 0.2) is 5.78 Å². The van der Waals surface area contributed by atoms with E-state index in [2.05, 4.69) is 32.9 Å². The maximum absolute atomic E-state index is 13.5. The Bertz CT molecular complexity index is 1100. The molecule has 5 heteroatoms. The van der Waals surface area contributed by atoms with Crippen LogP contribution in [-0.4, -0.2) is 31.6 Å². The van der Waals surface area contributed by atoms with Crippen molar-refractivity contribution in [1.29, 1.82) is 0 Å². The molecule has 0 amide bonds. The van der Waals surface area contributed by atoms with Gasteiger partial charge in [-0.25, -0.2) is 8.42 Å². The lowest BCUT2D eigenvalue weighted by Gasteiger charge is -2.46. The number of carbonyl (C=O) groups is 1. The Labute approximate surface area is 186 Å². The van der Waals surface area contributed by atoms with Crippen molar-refractivity contribution < 1.29 is 13.2 Å². The van der Waals surface area contributed by atoms with Gasteiger partial charge in [-0.1, -0.05) is 68.8 Å². The third-order valence-corrected chi connectivity index (χ3v) is 8.58. The summed E-state index contributed by atoms with van der Waals surface area (Å²) in [6.45, 7) is 7.19. The molecule has 2 aliphatic rings. The Morgan fingerprint density at radius 1 is 0.968 bits per heavy atom. The Morgan fingerprint density at radius 3 is 2.29 bits per heavy atom. The standard InChI is InChI=1S/C26H31NO3S/c1-25(2,3)21-9-11-24(12-10-21)31(29,30)27-16-14-22-17-23(28)13-15-26(22,19-27)18-20-7-5-4-6-8-20/h4-12,17H,13-16,18-19H2,1-3H3/t26-/m1/s1. The molecule has 0 unspecified atom stereocenters. The van der Waals surface area contributed by atoms with E-state index in [0.29, 0.717) is 37.2 Å². The van der Waals surface area contributed by atoms with Crippen molar-refractivity contribution >= 4 is 15.8 Å². The van der Waals surface area contributed by atoms with Crippen LogP contribution >= 0.6 is 0 Å². The molecule has 1 heterocycles. The molecule has 164 valence electrons. The molecule has 0 bridgehead atoms. The number of rotatable bonds is 4. The zero-order chi connectivity index (χ0) is 22.3. The van der Waals surface area contributed by atoms with Crippen LogP contribution in [-0.2, 0) is 26.7 Å². The van der Waals surface area contributed by atoms with Gasteiger partial charge in [0.1, 0.15) is 0 Å². The monoisotopic (exact) mass is 437 g/mol. The highest BCUT2D eigenvalue weighted by Crippen LogP contribution is 2.46. The second-order valence-corrected chi connectivity index (χ2v) is 11.9. The van der Waals surface area contributed by atoms with Gasteiger partial charge in [0, 0.05) is 24.9 Å². The Kier molecular flexibility index (Phi) is 5.69. The van der Waals surface area contributed by atoms with Crippen LogP contribution in [0, 0.1) is 5.41 Å². The molecule has 4 nitrogen and oxygen atoms in total. The molecule has 1 aliphatic carbocycles. The molecule has 2 aromatic carbocycles. The van der Waals surface area contributed by atoms with Crippen molar-refractivity contribution in [3.05, 3.63) is 77.4 Å². The molecule has 0 radical (unpaired) electrons. The fraction of sp³-hybridized carbons (Fsp3) is 0.423. The lowest BCUT2D eigenvalue weighted by Crippen LogP contribution is -2.49. The zero-order valence-corrected chi connectivity index (χ0v) is 19.4. The van der Waals surface area contributed by atoms with Crippen molar-refractivity contribution in [1.82, 2.24) is 4.31 Å². The highest BCUT2D eigenvalue weighted by Gasteiger charge is 2.45. The van der Waals surface area contributed by atoms with E-state index >= 15 is 0 Å². The van der Waals surface area contributed by atoms with E-state index in [1.54, 1.807) is 22.5 Å². The number of benzene rings is 2. The van der Waals surface area contributed by atoms with Gasteiger partial charge in [0.05, 0.1) is 4.90 Å². The summed E-state index contributed by atoms with van der Waals surface area (Å²) >= 11 is 0. The normalized spacial score (nSPS) is 22.7. The van der Waals surface area contributed by atoms with E-state index in [1.807, 2.05) is 30.3 Å². The molecule has 4 rings (SSSR count). The summed E-state index contributed by atoms with van der Waals surface area (Å²) in [5.41, 5.74) is 3.06. The lowest BCUT2D eigenvalue weighted by atomic mass is 9.66. The van der Waals surface area contributed by atoms with Crippen LogP contribution in [0.5, 0.6) is 0 Å². The molecule has 0 saturated carbocycles. The lowest BCUT2D eigenvalue weighted by molar-refractivity contribution is -0.116. The number of hydrogen-bond acceptors (Lipinski definition) is 3. The number of allylic oxidation sites excluding steroid dienone is 1. The second kappa shape index (κ2) is 8.03. The van der Waals surface area contributed by atoms with Gasteiger partial charge in [0.25, 0.3) is 0 Å². The van der Waals surface area contributed by atoms with Crippen LogP contribution in [0.2, 0.25) is 0 Å². The number of fused-ring (bicyclic) bond motifs is 1. The first-order valence-corrected chi connectivity index (χ1v) is 12.4. The predicted octanol–water partition coefficient (Wildman–Crippen LogP) is 4.90. The topological polar surface area (TPSA) is 54.5 Å². The summed E-state index contributed by atoms with van der Waals surface area (Å²) in [4.78, 5) is 12.5. The molecule has 0 N–H and O–H groups in total. The van der Waals surface area contributed by atoms with Gasteiger partial charge < -0.3 is 0 Å². The highest BCUT2D eigenvalue weighted by molar-refractivity contribution is 7.89. The minimum atomic E-state index is -3.60. The molecule has 0 spiro atoms. The Balaban J connectivity index is 1.66. The van der Waals surface area contributed by atoms with Crippen molar-refractivity contribution in [2.75, 3.05) is 13.1 Å². The van der Waals surface area contributed by atoms with Crippen molar-refractivity contribution in [3.63, 3.8) is 0 Å². The van der Waals surface area contributed by atoms with Gasteiger partial charge in [-0.3, -0.25) is 4.79 Å². The van der Waals surface area contributed by atoms with Crippen molar-refractivity contribution in [2.24, 2.45) is 5.41 Å². The first-order chi connectivity index (χ1) is 14.6. The fourth-order valence-electron chi connectivity index (χ4n) is 4.85. The maximum Gasteiger partial charge on any atom is 0.243 e. The summed E-state index contributed by atoms with van der Waals surface area (Å²) in [6.07, 6.45) is 4.32. The van der Waals surface area contributed by atoms with Crippen LogP contribution in [0.15, 0.2) is 71.1 Å². The van der Waals surface area contributed by atoms with Crippen LogP contribution in [0.4, 0.5) is 0 Å². The summed E-state index contributed by atoms with van der Waals surface area (Å²) in [6, 6.07) is 17.5. The number of sulfonamides is 1. The smallest absolute Gasteiger partial charge is 0.243 e. The number of piperidine rings is 1. The maximum atomic E-state index is 13.5. The van der Waals surface area contributed by atoms with Gasteiger partial charge in [-0.15, -0.1) is 0 Å². The Morgan fingerprint density at radius 2 is 1.65 bits per heavy atom. The van der Waals surface area contributed by atoms with E-state index < -0.39 is 10.0 Å². The summed E-state index contributed by atoms with van der Waals surface area (Å²) < 4.78 is 28.7. The third-order valence-electron chi connectivity index (χ3n) is 6.72. The van der Waals surface area contributed by atoms with Crippen LogP contribution in [0.25, 0.3) is 0 Å². The summed E-state index contributed by atoms with van der Waals surface area (Å²) in [5.74, 6) is 0.160. The van der Waals surface area contributed by atoms with Gasteiger partial charge >= 0.3 is 0 Å². The fourth-order valence-corrected chi connectivity index (χ4v) is 6.37. The Hall–Kier alpha value is -2.24. The van der Waals surface area contributed by atoms with Crippen molar-refractivity contribution in [3.8, 4) is 0 Å².